The lowest BCUT2D eigenvalue weighted by Crippen LogP contribution is -2.16. The fourth-order valence-electron chi connectivity index (χ4n) is 1.63. The van der Waals surface area contributed by atoms with Gasteiger partial charge in [0.25, 0.3) is 0 Å². The second-order valence-corrected chi connectivity index (χ2v) is 4.84. The maximum atomic E-state index is 12.2. The molecule has 1 unspecified atom stereocenters. The molecule has 7 heteroatoms. The van der Waals surface area contributed by atoms with Gasteiger partial charge in [-0.25, -0.2) is 0 Å². The van der Waals surface area contributed by atoms with E-state index < -0.39 is 18.6 Å². The van der Waals surface area contributed by atoms with Crippen molar-refractivity contribution in [3.8, 4) is 11.5 Å². The molecule has 0 bridgehead atoms. The van der Waals surface area contributed by atoms with Crippen LogP contribution in [0.3, 0.4) is 0 Å². The van der Waals surface area contributed by atoms with Crippen molar-refractivity contribution in [2.45, 2.75) is 25.1 Å². The minimum atomic E-state index is -4.21. The second kappa shape index (κ2) is 6.47. The average molecular weight is 342 g/mol. The molecular formula is C12H15BrF3NO2. The largest absolute Gasteiger partial charge is 0.493 e. The Balaban J connectivity index is 2.93. The highest BCUT2D eigenvalue weighted by atomic mass is 79.9. The monoisotopic (exact) mass is 341 g/mol. The van der Waals surface area contributed by atoms with E-state index >= 15 is 0 Å². The number of ether oxygens (including phenoxy) is 2. The molecule has 0 aromatic heterocycles. The van der Waals surface area contributed by atoms with Crippen molar-refractivity contribution in [1.29, 1.82) is 0 Å². The van der Waals surface area contributed by atoms with Crippen molar-refractivity contribution in [2.75, 3.05) is 14.2 Å². The molecule has 108 valence electrons. The molecule has 1 aromatic rings. The van der Waals surface area contributed by atoms with Gasteiger partial charge in [-0.15, -0.1) is 0 Å². The van der Waals surface area contributed by atoms with Crippen LogP contribution in [0.15, 0.2) is 16.6 Å². The Kier molecular flexibility index (Phi) is 5.49. The van der Waals surface area contributed by atoms with Crippen molar-refractivity contribution in [3.05, 3.63) is 22.2 Å². The highest BCUT2D eigenvalue weighted by molar-refractivity contribution is 9.10. The summed E-state index contributed by atoms with van der Waals surface area (Å²) in [6, 6.07) is 2.49. The summed E-state index contributed by atoms with van der Waals surface area (Å²) in [6.07, 6.45) is -5.31. The predicted molar refractivity (Wildman–Crippen MR) is 69.5 cm³/mol. The summed E-state index contributed by atoms with van der Waals surface area (Å²) in [5.74, 6) is 0.921. The molecule has 0 fully saturated rings. The van der Waals surface area contributed by atoms with Crippen LogP contribution >= 0.6 is 15.9 Å². The van der Waals surface area contributed by atoms with Gasteiger partial charge in [0.2, 0.25) is 0 Å². The number of rotatable bonds is 5. The Morgan fingerprint density at radius 3 is 2.21 bits per heavy atom. The maximum Gasteiger partial charge on any atom is 0.389 e. The maximum absolute atomic E-state index is 12.2. The summed E-state index contributed by atoms with van der Waals surface area (Å²) in [5, 5.41) is 0. The van der Waals surface area contributed by atoms with Gasteiger partial charge >= 0.3 is 6.18 Å². The Morgan fingerprint density at radius 2 is 1.74 bits per heavy atom. The van der Waals surface area contributed by atoms with Crippen molar-refractivity contribution in [3.63, 3.8) is 0 Å². The number of hydrogen-bond acceptors (Lipinski definition) is 3. The van der Waals surface area contributed by atoms with Crippen molar-refractivity contribution in [1.82, 2.24) is 0 Å². The SMILES string of the molecule is COc1cc(Br)c(C(N)CCC(F)(F)F)cc1OC. The first-order valence-corrected chi connectivity index (χ1v) is 6.31. The lowest BCUT2D eigenvalue weighted by molar-refractivity contribution is -0.136. The molecule has 0 saturated heterocycles. The van der Waals surface area contributed by atoms with Gasteiger partial charge in [0.15, 0.2) is 11.5 Å². The van der Waals surface area contributed by atoms with E-state index in [4.69, 9.17) is 15.2 Å². The van der Waals surface area contributed by atoms with Gasteiger partial charge in [-0.1, -0.05) is 15.9 Å². The number of methoxy groups -OCH3 is 2. The summed E-state index contributed by atoms with van der Waals surface area (Å²) in [7, 11) is 2.93. The summed E-state index contributed by atoms with van der Waals surface area (Å²) < 4.78 is 47.3. The fourth-order valence-corrected chi connectivity index (χ4v) is 2.25. The van der Waals surface area contributed by atoms with E-state index in [1.165, 1.54) is 14.2 Å². The minimum Gasteiger partial charge on any atom is -0.493 e. The summed E-state index contributed by atoms with van der Waals surface area (Å²) in [5.41, 5.74) is 6.35. The molecule has 0 aliphatic rings. The third-order valence-corrected chi connectivity index (χ3v) is 3.33. The molecule has 1 rings (SSSR count). The molecule has 0 radical (unpaired) electrons. The van der Waals surface area contributed by atoms with E-state index in [1.807, 2.05) is 0 Å². The minimum absolute atomic E-state index is 0.183. The Hall–Kier alpha value is -0.950. The number of nitrogens with two attached hydrogens (primary N) is 1. The Labute approximate surface area is 118 Å². The van der Waals surface area contributed by atoms with Gasteiger partial charge in [0, 0.05) is 16.9 Å². The van der Waals surface area contributed by atoms with Crippen molar-refractivity contribution >= 4 is 15.9 Å². The third-order valence-electron chi connectivity index (χ3n) is 2.64. The molecule has 1 atom stereocenters. The Morgan fingerprint density at radius 1 is 1.21 bits per heavy atom. The van der Waals surface area contributed by atoms with Crippen LogP contribution in [-0.4, -0.2) is 20.4 Å². The Bertz CT molecular complexity index is 438. The first-order chi connectivity index (χ1) is 8.78. The summed E-state index contributed by atoms with van der Waals surface area (Å²) >= 11 is 3.28. The topological polar surface area (TPSA) is 44.5 Å². The highest BCUT2D eigenvalue weighted by Gasteiger charge is 2.28. The molecule has 0 saturated carbocycles. The lowest BCUT2D eigenvalue weighted by Gasteiger charge is -2.17. The molecule has 0 amide bonds. The number of alkyl halides is 3. The molecule has 1 aromatic carbocycles. The van der Waals surface area contributed by atoms with Crippen LogP contribution in [0.25, 0.3) is 0 Å². The standard InChI is InChI=1S/C12H15BrF3NO2/c1-18-10-5-7(8(13)6-11(10)19-2)9(17)3-4-12(14,15)16/h5-6,9H,3-4,17H2,1-2H3. The van der Waals surface area contributed by atoms with Gasteiger partial charge in [-0.05, 0) is 24.1 Å². The number of hydrogen-bond donors (Lipinski definition) is 1. The van der Waals surface area contributed by atoms with Crippen LogP contribution in [0.2, 0.25) is 0 Å². The van der Waals surface area contributed by atoms with Crippen molar-refractivity contribution < 1.29 is 22.6 Å². The number of halogens is 4. The highest BCUT2D eigenvalue weighted by Crippen LogP contribution is 2.37. The van der Waals surface area contributed by atoms with Gasteiger partial charge in [-0.3, -0.25) is 0 Å². The normalized spacial score (nSPS) is 13.2. The van der Waals surface area contributed by atoms with Crippen LogP contribution in [0.5, 0.6) is 11.5 Å². The summed E-state index contributed by atoms with van der Waals surface area (Å²) in [6.45, 7) is 0. The zero-order chi connectivity index (χ0) is 14.6. The van der Waals surface area contributed by atoms with Crippen LogP contribution in [0, 0.1) is 0 Å². The molecule has 2 N–H and O–H groups in total. The van der Waals surface area contributed by atoms with E-state index in [2.05, 4.69) is 15.9 Å². The van der Waals surface area contributed by atoms with Crippen molar-refractivity contribution in [2.24, 2.45) is 5.73 Å². The first kappa shape index (κ1) is 16.1. The number of benzene rings is 1. The van der Waals surface area contributed by atoms with Crippen LogP contribution < -0.4 is 15.2 Å². The smallest absolute Gasteiger partial charge is 0.389 e. The quantitative estimate of drug-likeness (QED) is 0.885. The zero-order valence-corrected chi connectivity index (χ0v) is 12.1. The molecular weight excluding hydrogens is 327 g/mol. The molecule has 19 heavy (non-hydrogen) atoms. The first-order valence-electron chi connectivity index (χ1n) is 5.52. The summed E-state index contributed by atoms with van der Waals surface area (Å²) in [4.78, 5) is 0. The second-order valence-electron chi connectivity index (χ2n) is 3.99. The van der Waals surface area contributed by atoms with Gasteiger partial charge < -0.3 is 15.2 Å². The molecule has 0 heterocycles. The molecule has 0 aliphatic carbocycles. The lowest BCUT2D eigenvalue weighted by atomic mass is 10.0. The predicted octanol–water partition coefficient (Wildman–Crippen LogP) is 3.81. The fraction of sp³-hybridized carbons (Fsp3) is 0.500. The average Bonchev–Trinajstić information content (AvgIpc) is 2.34. The van der Waals surface area contributed by atoms with Gasteiger partial charge in [-0.2, -0.15) is 13.2 Å². The molecule has 0 spiro atoms. The van der Waals surface area contributed by atoms with E-state index in [1.54, 1.807) is 12.1 Å². The molecule has 0 aliphatic heterocycles. The van der Waals surface area contributed by atoms with Gasteiger partial charge in [0.05, 0.1) is 14.2 Å². The van der Waals surface area contributed by atoms with E-state index in [-0.39, 0.29) is 6.42 Å². The molecule has 3 nitrogen and oxygen atoms in total. The van der Waals surface area contributed by atoms with E-state index in [9.17, 15) is 13.2 Å². The van der Waals surface area contributed by atoms with E-state index in [0.717, 1.165) is 0 Å². The third kappa shape index (κ3) is 4.58. The van der Waals surface area contributed by atoms with E-state index in [0.29, 0.717) is 21.5 Å². The van der Waals surface area contributed by atoms with Gasteiger partial charge in [0.1, 0.15) is 0 Å². The zero-order valence-electron chi connectivity index (χ0n) is 10.6. The van der Waals surface area contributed by atoms with Crippen LogP contribution in [0.1, 0.15) is 24.4 Å². The van der Waals surface area contributed by atoms with Crippen LogP contribution in [-0.2, 0) is 0 Å². The van der Waals surface area contributed by atoms with Crippen LogP contribution in [0.4, 0.5) is 13.2 Å².